The fourth-order valence-electron chi connectivity index (χ4n) is 2.46. The average molecular weight is 351 g/mol. The summed E-state index contributed by atoms with van der Waals surface area (Å²) in [6.07, 6.45) is 0.573. The number of nitrogens with zero attached hydrogens (tertiary/aromatic N) is 1. The summed E-state index contributed by atoms with van der Waals surface area (Å²) in [5.74, 6) is 0.0883. The van der Waals surface area contributed by atoms with E-state index in [1.165, 1.54) is 11.8 Å². The highest BCUT2D eigenvalue weighted by molar-refractivity contribution is 7.99. The maximum absolute atomic E-state index is 12.2. The number of pyridine rings is 1. The van der Waals surface area contributed by atoms with Gasteiger partial charge in [0.15, 0.2) is 0 Å². The Balaban J connectivity index is 1.95. The van der Waals surface area contributed by atoms with Crippen LogP contribution in [0.5, 0.6) is 0 Å². The molecule has 0 aliphatic rings. The van der Waals surface area contributed by atoms with Crippen LogP contribution in [0.15, 0.2) is 41.4 Å². The summed E-state index contributed by atoms with van der Waals surface area (Å²) < 4.78 is 16.8. The van der Waals surface area contributed by atoms with Crippen LogP contribution < -0.4 is 0 Å². The Morgan fingerprint density at radius 3 is 2.74 bits per heavy atom. The third-order valence-corrected chi connectivity index (χ3v) is 5.28. The molecule has 0 fully saturated rings. The number of para-hydroxylation sites is 1. The van der Waals surface area contributed by atoms with Crippen molar-refractivity contribution in [2.75, 3.05) is 5.94 Å². The number of aromatic nitrogens is 1. The first-order chi connectivity index (χ1) is 10.9. The zero-order valence-electron chi connectivity index (χ0n) is 13.6. The van der Waals surface area contributed by atoms with E-state index in [1.807, 2.05) is 50.2 Å². The first kappa shape index (κ1) is 18.0. The topological polar surface area (TPSA) is 56.3 Å². The number of hydrogen-bond donors (Lipinski definition) is 0. The number of benzene rings is 1. The summed E-state index contributed by atoms with van der Waals surface area (Å²) >= 11 is 1.36. The summed E-state index contributed by atoms with van der Waals surface area (Å²) in [6.45, 7) is 5.74. The van der Waals surface area contributed by atoms with Gasteiger partial charge in [0.05, 0.1) is 19.0 Å². The smallest absolute Gasteiger partial charge is 0.319 e. The molecular weight excluding hydrogens is 329 g/mol. The van der Waals surface area contributed by atoms with Crippen molar-refractivity contribution in [1.82, 2.24) is 4.98 Å². The zero-order chi connectivity index (χ0) is 16.9. The van der Waals surface area contributed by atoms with Crippen LogP contribution in [0.3, 0.4) is 0 Å². The third-order valence-electron chi connectivity index (χ3n) is 3.53. The van der Waals surface area contributed by atoms with Gasteiger partial charge in [0.25, 0.3) is 0 Å². The van der Waals surface area contributed by atoms with E-state index in [9.17, 15) is 9.36 Å². The standard InChI is InChI=1S/C17H22NO3PS/c1-12(2)10-17(3,22-20)16(19)21-11-23-15-9-8-13-6-4-5-7-14(13)18-15/h4-9,12H,10-11,22H2,1-3H3. The largest absolute Gasteiger partial charge is 0.453 e. The van der Waals surface area contributed by atoms with Gasteiger partial charge < -0.3 is 9.30 Å². The van der Waals surface area contributed by atoms with E-state index in [0.29, 0.717) is 12.3 Å². The van der Waals surface area contributed by atoms with Gasteiger partial charge in [-0.2, -0.15) is 0 Å². The molecule has 0 N–H and O–H groups in total. The van der Waals surface area contributed by atoms with Crippen molar-refractivity contribution in [1.29, 1.82) is 0 Å². The van der Waals surface area contributed by atoms with Crippen LogP contribution in [-0.4, -0.2) is 22.0 Å². The van der Waals surface area contributed by atoms with Crippen molar-refractivity contribution in [3.63, 3.8) is 0 Å². The SMILES string of the molecule is CC(C)CC(C)([PH2]=O)C(=O)OCSc1ccc2ccccc2n1. The Morgan fingerprint density at radius 1 is 1.30 bits per heavy atom. The van der Waals surface area contributed by atoms with Gasteiger partial charge in [0.2, 0.25) is 0 Å². The fourth-order valence-corrected chi connectivity index (χ4v) is 3.82. The Bertz CT molecular complexity index is 707. The predicted octanol–water partition coefficient (Wildman–Crippen LogP) is 4.39. The Hall–Kier alpha value is -1.32. The van der Waals surface area contributed by atoms with E-state index in [1.54, 1.807) is 6.92 Å². The fraction of sp³-hybridized carbons (Fsp3) is 0.412. The third kappa shape index (κ3) is 4.82. The highest BCUT2D eigenvalue weighted by atomic mass is 32.2. The molecule has 2 unspecified atom stereocenters. The lowest BCUT2D eigenvalue weighted by Crippen LogP contribution is -2.32. The van der Waals surface area contributed by atoms with E-state index in [0.717, 1.165) is 15.9 Å². The highest BCUT2D eigenvalue weighted by Crippen LogP contribution is 2.32. The lowest BCUT2D eigenvalue weighted by molar-refractivity contribution is -0.144. The predicted molar refractivity (Wildman–Crippen MR) is 96.8 cm³/mol. The van der Waals surface area contributed by atoms with Crippen LogP contribution in [0.25, 0.3) is 10.9 Å². The first-order valence-electron chi connectivity index (χ1n) is 7.57. The van der Waals surface area contributed by atoms with Crippen molar-refractivity contribution in [2.24, 2.45) is 5.92 Å². The minimum absolute atomic E-state index is 0.178. The molecule has 0 saturated carbocycles. The molecule has 0 radical (unpaired) electrons. The van der Waals surface area contributed by atoms with E-state index in [2.05, 4.69) is 4.98 Å². The number of ether oxygens (including phenoxy) is 1. The lowest BCUT2D eigenvalue weighted by atomic mass is 9.98. The minimum atomic E-state index is -1.22. The molecule has 2 aromatic rings. The second-order valence-corrected chi connectivity index (χ2v) is 8.62. The molecule has 4 nitrogen and oxygen atoms in total. The molecule has 124 valence electrons. The number of rotatable bonds is 7. The molecule has 0 bridgehead atoms. The minimum Gasteiger partial charge on any atom is -0.453 e. The van der Waals surface area contributed by atoms with E-state index >= 15 is 0 Å². The first-order valence-corrected chi connectivity index (χ1v) is 9.60. The molecule has 23 heavy (non-hydrogen) atoms. The number of fused-ring (bicyclic) bond motifs is 1. The van der Waals surface area contributed by atoms with Crippen molar-refractivity contribution in [3.8, 4) is 0 Å². The number of thioether (sulfide) groups is 1. The number of carbonyl (C=O) groups is 1. The Kier molecular flexibility index (Phi) is 6.25. The lowest BCUT2D eigenvalue weighted by Gasteiger charge is -2.23. The number of carbonyl (C=O) groups excluding carboxylic acids is 1. The molecule has 0 saturated heterocycles. The van der Waals surface area contributed by atoms with Gasteiger partial charge >= 0.3 is 5.97 Å². The molecule has 1 aromatic heterocycles. The van der Waals surface area contributed by atoms with Crippen LogP contribution in [0.1, 0.15) is 27.2 Å². The molecule has 1 heterocycles. The Labute approximate surface area is 142 Å². The summed E-state index contributed by atoms with van der Waals surface area (Å²) in [5, 5.41) is 1.01. The maximum Gasteiger partial charge on any atom is 0.319 e. The van der Waals surface area contributed by atoms with Crippen LogP contribution in [0, 0.1) is 5.92 Å². The van der Waals surface area contributed by atoms with E-state index in [-0.39, 0.29) is 11.9 Å². The van der Waals surface area contributed by atoms with Crippen LogP contribution >= 0.6 is 20.2 Å². The molecule has 1 aromatic carbocycles. The monoisotopic (exact) mass is 351 g/mol. The van der Waals surface area contributed by atoms with Gasteiger partial charge in [0.1, 0.15) is 11.1 Å². The summed E-state index contributed by atoms with van der Waals surface area (Å²) in [6, 6.07) is 11.8. The summed E-state index contributed by atoms with van der Waals surface area (Å²) in [4.78, 5) is 16.7. The normalized spacial score (nSPS) is 14.4. The van der Waals surface area contributed by atoms with Gasteiger partial charge in [0, 0.05) is 5.39 Å². The van der Waals surface area contributed by atoms with Crippen LogP contribution in [0.4, 0.5) is 0 Å². The molecular formula is C17H22NO3PS. The summed E-state index contributed by atoms with van der Waals surface area (Å²) in [7, 11) is -1.22. The van der Waals surface area contributed by atoms with Crippen molar-refractivity contribution in [3.05, 3.63) is 36.4 Å². The molecule has 0 spiro atoms. The number of hydrogen-bond acceptors (Lipinski definition) is 5. The summed E-state index contributed by atoms with van der Waals surface area (Å²) in [5.41, 5.74) is 0.914. The van der Waals surface area contributed by atoms with E-state index in [4.69, 9.17) is 4.74 Å². The van der Waals surface area contributed by atoms with E-state index < -0.39 is 13.6 Å². The quantitative estimate of drug-likeness (QED) is 0.320. The second-order valence-electron chi connectivity index (χ2n) is 6.17. The van der Waals surface area contributed by atoms with Crippen molar-refractivity contribution < 1.29 is 14.1 Å². The van der Waals surface area contributed by atoms with Gasteiger partial charge in [-0.15, -0.1) is 0 Å². The van der Waals surface area contributed by atoms with Gasteiger partial charge in [-0.1, -0.05) is 49.9 Å². The average Bonchev–Trinajstić information content (AvgIpc) is 2.53. The van der Waals surface area contributed by atoms with Crippen molar-refractivity contribution in [2.45, 2.75) is 37.4 Å². The molecule has 0 aliphatic heterocycles. The molecule has 2 atom stereocenters. The maximum atomic E-state index is 12.2. The highest BCUT2D eigenvalue weighted by Gasteiger charge is 2.34. The second kappa shape index (κ2) is 7.98. The van der Waals surface area contributed by atoms with Gasteiger partial charge in [-0.05, 0) is 31.4 Å². The Morgan fingerprint density at radius 2 is 2.04 bits per heavy atom. The van der Waals surface area contributed by atoms with Crippen LogP contribution in [0.2, 0.25) is 0 Å². The van der Waals surface area contributed by atoms with Gasteiger partial charge in [-0.25, -0.2) is 4.98 Å². The van der Waals surface area contributed by atoms with Crippen molar-refractivity contribution >= 4 is 37.1 Å². The van der Waals surface area contributed by atoms with Crippen LogP contribution in [-0.2, 0) is 14.1 Å². The molecule has 0 amide bonds. The number of esters is 1. The zero-order valence-corrected chi connectivity index (χ0v) is 15.6. The molecule has 6 heteroatoms. The van der Waals surface area contributed by atoms with Gasteiger partial charge in [-0.3, -0.25) is 4.79 Å². The molecule has 2 rings (SSSR count). The molecule has 0 aliphatic carbocycles.